The van der Waals surface area contributed by atoms with E-state index in [-0.39, 0.29) is 11.1 Å². The highest BCUT2D eigenvalue weighted by molar-refractivity contribution is 6.04. The molecule has 0 aliphatic heterocycles. The number of rotatable bonds is 3. The van der Waals surface area contributed by atoms with Gasteiger partial charge >= 0.3 is 0 Å². The third-order valence-electron chi connectivity index (χ3n) is 3.91. The van der Waals surface area contributed by atoms with Gasteiger partial charge in [0.1, 0.15) is 17.7 Å². The van der Waals surface area contributed by atoms with Crippen LogP contribution in [0.25, 0.3) is 16.9 Å². The number of hydrogen-bond donors (Lipinski definition) is 1. The molecule has 3 heterocycles. The maximum absolute atomic E-state index is 13.5. The number of aromatic nitrogens is 4. The minimum Gasteiger partial charge on any atom is -0.306 e. The van der Waals surface area contributed by atoms with Crippen LogP contribution in [0.3, 0.4) is 0 Å². The second-order valence-electron chi connectivity index (χ2n) is 5.63. The Kier molecular flexibility index (Phi) is 4.03. The van der Waals surface area contributed by atoms with Gasteiger partial charge in [-0.25, -0.2) is 9.37 Å². The summed E-state index contributed by atoms with van der Waals surface area (Å²) < 4.78 is 14.9. The van der Waals surface area contributed by atoms with Gasteiger partial charge in [0.25, 0.3) is 5.91 Å². The van der Waals surface area contributed by atoms with Crippen LogP contribution >= 0.6 is 0 Å². The first kappa shape index (κ1) is 16.4. The molecular formula is C19H11FN6O. The third kappa shape index (κ3) is 3.09. The Hall–Kier alpha value is -4.12. The monoisotopic (exact) mass is 358 g/mol. The van der Waals surface area contributed by atoms with E-state index in [4.69, 9.17) is 5.26 Å². The van der Waals surface area contributed by atoms with Gasteiger partial charge in [-0.2, -0.15) is 14.9 Å². The molecule has 0 saturated carbocycles. The maximum atomic E-state index is 13.5. The number of nitriles is 1. The van der Waals surface area contributed by atoms with E-state index in [1.54, 1.807) is 42.9 Å². The van der Waals surface area contributed by atoms with E-state index in [0.29, 0.717) is 17.2 Å². The van der Waals surface area contributed by atoms with Crippen molar-refractivity contribution in [2.24, 2.45) is 0 Å². The van der Waals surface area contributed by atoms with Crippen LogP contribution in [0.1, 0.15) is 15.9 Å². The Bertz CT molecular complexity index is 1200. The van der Waals surface area contributed by atoms with Crippen molar-refractivity contribution in [1.29, 1.82) is 5.26 Å². The van der Waals surface area contributed by atoms with Crippen molar-refractivity contribution in [3.63, 3.8) is 0 Å². The fourth-order valence-electron chi connectivity index (χ4n) is 2.59. The number of nitrogens with zero attached hydrogens (tertiary/aromatic N) is 5. The standard InChI is InChI=1S/C19H11FN6O/c20-15-4-3-12(8-14(15)10-21)19(27)24-17-5-7-23-18-9-16(25-26(17)18)13-2-1-6-22-11-13/h1-9,11H,(H,24,27). The lowest BCUT2D eigenvalue weighted by molar-refractivity contribution is 0.102. The van der Waals surface area contributed by atoms with Gasteiger partial charge in [0.05, 0.1) is 11.3 Å². The van der Waals surface area contributed by atoms with E-state index in [0.717, 1.165) is 11.6 Å². The van der Waals surface area contributed by atoms with E-state index < -0.39 is 11.7 Å². The summed E-state index contributed by atoms with van der Waals surface area (Å²) in [7, 11) is 0. The molecule has 130 valence electrons. The number of amides is 1. The Morgan fingerprint density at radius 1 is 1.19 bits per heavy atom. The summed E-state index contributed by atoms with van der Waals surface area (Å²) >= 11 is 0. The van der Waals surface area contributed by atoms with Crippen LogP contribution in [0, 0.1) is 17.1 Å². The van der Waals surface area contributed by atoms with Crippen LogP contribution in [0.15, 0.2) is 61.1 Å². The van der Waals surface area contributed by atoms with E-state index in [1.165, 1.54) is 16.6 Å². The highest BCUT2D eigenvalue weighted by atomic mass is 19.1. The van der Waals surface area contributed by atoms with Gasteiger partial charge in [-0.1, -0.05) is 0 Å². The number of pyridine rings is 1. The molecule has 0 aliphatic rings. The summed E-state index contributed by atoms with van der Waals surface area (Å²) in [6, 6.07) is 12.4. The molecule has 0 fully saturated rings. The van der Waals surface area contributed by atoms with Crippen molar-refractivity contribution in [3.05, 3.63) is 78.0 Å². The topological polar surface area (TPSA) is 96.0 Å². The molecule has 0 bridgehead atoms. The average Bonchev–Trinajstić information content (AvgIpc) is 3.14. The Morgan fingerprint density at radius 2 is 2.07 bits per heavy atom. The van der Waals surface area contributed by atoms with E-state index in [9.17, 15) is 9.18 Å². The summed E-state index contributed by atoms with van der Waals surface area (Å²) in [6.07, 6.45) is 4.90. The van der Waals surface area contributed by atoms with Crippen molar-refractivity contribution in [2.75, 3.05) is 5.32 Å². The van der Waals surface area contributed by atoms with Crippen LogP contribution < -0.4 is 5.32 Å². The molecule has 4 rings (SSSR count). The number of carbonyl (C=O) groups excluding carboxylic acids is 1. The molecule has 4 aromatic rings. The Labute approximate surface area is 152 Å². The third-order valence-corrected chi connectivity index (χ3v) is 3.91. The molecule has 0 unspecified atom stereocenters. The molecule has 1 amide bonds. The molecule has 1 N–H and O–H groups in total. The van der Waals surface area contributed by atoms with E-state index >= 15 is 0 Å². The molecular weight excluding hydrogens is 347 g/mol. The summed E-state index contributed by atoms with van der Waals surface area (Å²) in [5, 5.41) is 16.1. The van der Waals surface area contributed by atoms with Gasteiger partial charge in [-0.3, -0.25) is 9.78 Å². The van der Waals surface area contributed by atoms with E-state index in [2.05, 4.69) is 20.4 Å². The first-order valence-corrected chi connectivity index (χ1v) is 7.92. The van der Waals surface area contributed by atoms with Crippen LogP contribution in [0.5, 0.6) is 0 Å². The molecule has 0 aliphatic carbocycles. The Morgan fingerprint density at radius 3 is 2.85 bits per heavy atom. The zero-order valence-corrected chi connectivity index (χ0v) is 13.8. The minimum atomic E-state index is -0.673. The predicted octanol–water partition coefficient (Wildman–Crippen LogP) is 3.05. The van der Waals surface area contributed by atoms with Gasteiger partial charge in [-0.05, 0) is 36.4 Å². The number of hydrogen-bond acceptors (Lipinski definition) is 5. The van der Waals surface area contributed by atoms with Crippen molar-refractivity contribution in [1.82, 2.24) is 19.6 Å². The number of benzene rings is 1. The number of carbonyl (C=O) groups is 1. The molecule has 8 heteroatoms. The van der Waals surface area contributed by atoms with Gasteiger partial charge in [0.15, 0.2) is 5.65 Å². The van der Waals surface area contributed by atoms with Crippen molar-refractivity contribution >= 4 is 17.4 Å². The van der Waals surface area contributed by atoms with Gasteiger partial charge in [-0.15, -0.1) is 0 Å². The molecule has 1 aromatic carbocycles. The lowest BCUT2D eigenvalue weighted by Crippen LogP contribution is -2.15. The number of nitrogens with one attached hydrogen (secondary N) is 1. The summed E-state index contributed by atoms with van der Waals surface area (Å²) in [5.74, 6) is -0.769. The zero-order chi connectivity index (χ0) is 18.8. The van der Waals surface area contributed by atoms with Crippen molar-refractivity contribution in [2.45, 2.75) is 0 Å². The highest BCUT2D eigenvalue weighted by Gasteiger charge is 2.13. The minimum absolute atomic E-state index is 0.164. The fraction of sp³-hybridized carbons (Fsp3) is 0. The lowest BCUT2D eigenvalue weighted by Gasteiger charge is -2.07. The first-order valence-electron chi connectivity index (χ1n) is 7.92. The quantitative estimate of drug-likeness (QED) is 0.607. The summed E-state index contributed by atoms with van der Waals surface area (Å²) in [5.41, 5.74) is 1.99. The summed E-state index contributed by atoms with van der Waals surface area (Å²) in [4.78, 5) is 20.8. The zero-order valence-electron chi connectivity index (χ0n) is 13.8. The summed E-state index contributed by atoms with van der Waals surface area (Å²) in [6.45, 7) is 0. The second-order valence-corrected chi connectivity index (χ2v) is 5.63. The van der Waals surface area contributed by atoms with Gasteiger partial charge < -0.3 is 5.32 Å². The van der Waals surface area contributed by atoms with Crippen LogP contribution in [0.4, 0.5) is 10.2 Å². The lowest BCUT2D eigenvalue weighted by atomic mass is 10.1. The average molecular weight is 358 g/mol. The van der Waals surface area contributed by atoms with Crippen LogP contribution in [0.2, 0.25) is 0 Å². The first-order chi connectivity index (χ1) is 13.2. The molecule has 7 nitrogen and oxygen atoms in total. The molecule has 3 aromatic heterocycles. The van der Waals surface area contributed by atoms with Crippen LogP contribution in [-0.2, 0) is 0 Å². The van der Waals surface area contributed by atoms with E-state index in [1.807, 2.05) is 6.07 Å². The largest absolute Gasteiger partial charge is 0.306 e. The Balaban J connectivity index is 1.69. The van der Waals surface area contributed by atoms with Crippen molar-refractivity contribution in [3.8, 4) is 17.3 Å². The number of halogens is 1. The molecule has 0 saturated heterocycles. The molecule has 0 atom stereocenters. The molecule has 27 heavy (non-hydrogen) atoms. The number of anilines is 1. The number of fused-ring (bicyclic) bond motifs is 1. The van der Waals surface area contributed by atoms with Gasteiger partial charge in [0, 0.05) is 35.8 Å². The molecule has 0 radical (unpaired) electrons. The SMILES string of the molecule is N#Cc1cc(C(=O)Nc2ccnc3cc(-c4cccnc4)nn23)ccc1F. The van der Waals surface area contributed by atoms with Crippen LogP contribution in [-0.4, -0.2) is 25.5 Å². The molecule has 0 spiro atoms. The smallest absolute Gasteiger partial charge is 0.256 e. The van der Waals surface area contributed by atoms with Gasteiger partial charge in [0.2, 0.25) is 0 Å². The fourth-order valence-corrected chi connectivity index (χ4v) is 2.59. The van der Waals surface area contributed by atoms with Crippen molar-refractivity contribution < 1.29 is 9.18 Å². The maximum Gasteiger partial charge on any atom is 0.256 e. The highest BCUT2D eigenvalue weighted by Crippen LogP contribution is 2.20. The normalized spacial score (nSPS) is 10.5. The predicted molar refractivity (Wildman–Crippen MR) is 95.3 cm³/mol. The second kappa shape index (κ2) is 6.65.